The number of para-hydroxylation sites is 2. The number of aryl methyl sites for hydroxylation is 2. The van der Waals surface area contributed by atoms with E-state index in [1.165, 1.54) is 4.57 Å². The number of hydrogen-bond acceptors (Lipinski definition) is 5. The maximum absolute atomic E-state index is 13.5. The number of rotatable bonds is 5. The molecule has 0 aliphatic rings. The molecule has 4 rings (SSSR count). The van der Waals surface area contributed by atoms with Crippen molar-refractivity contribution in [3.05, 3.63) is 109 Å². The minimum Gasteiger partial charge on any atom is -0.496 e. The standard InChI is InChI=1S/C28H23N3O3S/c1-18-13-14-21(15-19(18)2)30-26(32)23(17-29)28-31(22-10-5-4-6-11-22)27(33)25(35-28)16-20-9-7-8-12-24(20)34-3/h4-16H,1-3H3,(H,30,32)/b25-16+,28-23-. The smallest absolute Gasteiger partial charge is 0.273 e. The van der Waals surface area contributed by atoms with Gasteiger partial charge in [-0.3, -0.25) is 14.2 Å². The van der Waals surface area contributed by atoms with Gasteiger partial charge in [-0.1, -0.05) is 42.5 Å². The summed E-state index contributed by atoms with van der Waals surface area (Å²) in [7, 11) is 1.56. The highest BCUT2D eigenvalue weighted by Crippen LogP contribution is 2.18. The summed E-state index contributed by atoms with van der Waals surface area (Å²) in [6.07, 6.45) is 1.71. The van der Waals surface area contributed by atoms with Crippen LogP contribution in [0.2, 0.25) is 0 Å². The van der Waals surface area contributed by atoms with Crippen LogP contribution in [0.25, 0.3) is 17.3 Å². The van der Waals surface area contributed by atoms with Crippen molar-refractivity contribution in [3.63, 3.8) is 0 Å². The summed E-state index contributed by atoms with van der Waals surface area (Å²) in [4.78, 5) is 26.7. The Labute approximate surface area is 206 Å². The molecule has 0 radical (unpaired) electrons. The number of methoxy groups -OCH3 is 1. The summed E-state index contributed by atoms with van der Waals surface area (Å²) in [5.74, 6) is 0.0376. The number of carbonyl (C=O) groups is 1. The summed E-state index contributed by atoms with van der Waals surface area (Å²) in [6, 6.07) is 23.9. The highest BCUT2D eigenvalue weighted by Gasteiger charge is 2.17. The molecule has 0 aliphatic carbocycles. The van der Waals surface area contributed by atoms with Crippen LogP contribution in [0.3, 0.4) is 0 Å². The molecule has 0 saturated carbocycles. The molecule has 0 atom stereocenters. The number of benzene rings is 3. The fraction of sp³-hybridized carbons (Fsp3) is 0.107. The van der Waals surface area contributed by atoms with Gasteiger partial charge in [0.15, 0.2) is 5.57 Å². The van der Waals surface area contributed by atoms with E-state index in [-0.39, 0.29) is 15.8 Å². The number of ether oxygens (including phenoxy) is 1. The Balaban J connectivity index is 1.95. The van der Waals surface area contributed by atoms with Gasteiger partial charge in [0.2, 0.25) is 0 Å². The first kappa shape index (κ1) is 23.7. The molecule has 0 bridgehead atoms. The molecule has 0 aliphatic heterocycles. The fourth-order valence-corrected chi connectivity index (χ4v) is 4.69. The molecule has 1 heterocycles. The van der Waals surface area contributed by atoms with Crippen LogP contribution in [-0.4, -0.2) is 17.6 Å². The average Bonchev–Trinajstić information content (AvgIpc) is 3.18. The van der Waals surface area contributed by atoms with Crippen LogP contribution in [0, 0.1) is 25.2 Å². The molecule has 0 saturated heterocycles. The van der Waals surface area contributed by atoms with Gasteiger partial charge in [0.25, 0.3) is 11.5 Å². The number of nitriles is 1. The quantitative estimate of drug-likeness (QED) is 0.472. The zero-order valence-electron chi connectivity index (χ0n) is 19.5. The maximum atomic E-state index is 13.5. The molecule has 3 aromatic carbocycles. The second-order valence-corrected chi connectivity index (χ2v) is 8.90. The van der Waals surface area contributed by atoms with Crippen LogP contribution < -0.4 is 24.8 Å². The first-order valence-corrected chi connectivity index (χ1v) is 11.7. The molecular weight excluding hydrogens is 458 g/mol. The second kappa shape index (κ2) is 10.2. The van der Waals surface area contributed by atoms with E-state index in [4.69, 9.17) is 4.74 Å². The van der Waals surface area contributed by atoms with Gasteiger partial charge < -0.3 is 10.1 Å². The fourth-order valence-electron chi connectivity index (χ4n) is 3.60. The minimum atomic E-state index is -0.578. The Morgan fingerprint density at radius 3 is 2.43 bits per heavy atom. The predicted octanol–water partition coefficient (Wildman–Crippen LogP) is 3.67. The van der Waals surface area contributed by atoms with Gasteiger partial charge in [-0.2, -0.15) is 5.26 Å². The minimum absolute atomic E-state index is 0.145. The van der Waals surface area contributed by atoms with Crippen LogP contribution in [0.1, 0.15) is 16.7 Å². The highest BCUT2D eigenvalue weighted by atomic mass is 32.1. The molecule has 1 N–H and O–H groups in total. The number of carbonyl (C=O) groups excluding carboxylic acids is 1. The van der Waals surface area contributed by atoms with E-state index in [0.29, 0.717) is 21.7 Å². The van der Waals surface area contributed by atoms with E-state index in [0.717, 1.165) is 28.0 Å². The normalized spacial score (nSPS) is 12.1. The van der Waals surface area contributed by atoms with Gasteiger partial charge in [0.05, 0.1) is 17.3 Å². The van der Waals surface area contributed by atoms with E-state index >= 15 is 0 Å². The lowest BCUT2D eigenvalue weighted by Gasteiger charge is -2.07. The molecule has 7 heteroatoms. The Kier molecular flexibility index (Phi) is 6.95. The van der Waals surface area contributed by atoms with Gasteiger partial charge >= 0.3 is 0 Å². The molecule has 1 amide bonds. The van der Waals surface area contributed by atoms with Crippen molar-refractivity contribution in [2.45, 2.75) is 13.8 Å². The largest absolute Gasteiger partial charge is 0.496 e. The van der Waals surface area contributed by atoms with Crippen molar-refractivity contribution in [2.75, 3.05) is 12.4 Å². The molecule has 1 aromatic heterocycles. The van der Waals surface area contributed by atoms with Gasteiger partial charge in [0.1, 0.15) is 16.5 Å². The van der Waals surface area contributed by atoms with Crippen LogP contribution in [0.15, 0.2) is 77.6 Å². The van der Waals surface area contributed by atoms with Crippen molar-refractivity contribution in [1.29, 1.82) is 5.26 Å². The van der Waals surface area contributed by atoms with Gasteiger partial charge in [-0.05, 0) is 61.4 Å². The second-order valence-electron chi connectivity index (χ2n) is 7.87. The molecule has 0 unspecified atom stereocenters. The summed E-state index contributed by atoms with van der Waals surface area (Å²) in [5.41, 5.74) is 3.51. The lowest BCUT2D eigenvalue weighted by atomic mass is 10.1. The predicted molar refractivity (Wildman–Crippen MR) is 139 cm³/mol. The van der Waals surface area contributed by atoms with Crippen LogP contribution >= 0.6 is 11.3 Å². The third kappa shape index (κ3) is 4.93. The number of amides is 1. The molecule has 4 aromatic rings. The summed E-state index contributed by atoms with van der Waals surface area (Å²) in [6.45, 7) is 3.93. The third-order valence-electron chi connectivity index (χ3n) is 5.58. The summed E-state index contributed by atoms with van der Waals surface area (Å²) < 4.78 is 7.45. The molecule has 0 fully saturated rings. The SMILES string of the molecule is COc1ccccc1/C=c1/s/c(=C(/C#N)C(=O)Nc2ccc(C)c(C)c2)n(-c2ccccc2)c1=O. The average molecular weight is 482 g/mol. The number of nitrogens with one attached hydrogen (secondary N) is 1. The molecule has 0 spiro atoms. The first-order chi connectivity index (χ1) is 16.9. The monoisotopic (exact) mass is 481 g/mol. The number of aromatic nitrogens is 1. The Morgan fingerprint density at radius 1 is 1.03 bits per heavy atom. The maximum Gasteiger partial charge on any atom is 0.273 e. The van der Waals surface area contributed by atoms with E-state index in [1.54, 1.807) is 49.6 Å². The van der Waals surface area contributed by atoms with E-state index < -0.39 is 5.91 Å². The third-order valence-corrected chi connectivity index (χ3v) is 6.67. The van der Waals surface area contributed by atoms with E-state index in [2.05, 4.69) is 5.32 Å². The lowest BCUT2D eigenvalue weighted by Crippen LogP contribution is -2.32. The van der Waals surface area contributed by atoms with Crippen LogP contribution in [-0.2, 0) is 4.79 Å². The zero-order chi connectivity index (χ0) is 24.9. The molecule has 174 valence electrons. The lowest BCUT2D eigenvalue weighted by molar-refractivity contribution is -0.111. The number of hydrogen-bond donors (Lipinski definition) is 1. The summed E-state index contributed by atoms with van der Waals surface area (Å²) >= 11 is 1.09. The number of nitrogens with zero attached hydrogens (tertiary/aromatic N) is 2. The van der Waals surface area contributed by atoms with Crippen molar-refractivity contribution in [3.8, 4) is 17.5 Å². The van der Waals surface area contributed by atoms with Crippen molar-refractivity contribution in [2.24, 2.45) is 0 Å². The topological polar surface area (TPSA) is 84.1 Å². The van der Waals surface area contributed by atoms with E-state index in [9.17, 15) is 14.9 Å². The van der Waals surface area contributed by atoms with E-state index in [1.807, 2.05) is 56.3 Å². The summed E-state index contributed by atoms with van der Waals surface area (Å²) in [5, 5.41) is 12.8. The molecule has 6 nitrogen and oxygen atoms in total. The van der Waals surface area contributed by atoms with Gasteiger partial charge in [-0.15, -0.1) is 11.3 Å². The Morgan fingerprint density at radius 2 is 1.74 bits per heavy atom. The Hall–Kier alpha value is -4.41. The molecular formula is C28H23N3O3S. The zero-order valence-corrected chi connectivity index (χ0v) is 20.3. The van der Waals surface area contributed by atoms with Crippen molar-refractivity contribution < 1.29 is 9.53 Å². The van der Waals surface area contributed by atoms with Gasteiger partial charge in [-0.25, -0.2) is 0 Å². The van der Waals surface area contributed by atoms with Crippen molar-refractivity contribution in [1.82, 2.24) is 4.57 Å². The van der Waals surface area contributed by atoms with Gasteiger partial charge in [0, 0.05) is 11.3 Å². The van der Waals surface area contributed by atoms with Crippen molar-refractivity contribution >= 4 is 34.6 Å². The molecule has 35 heavy (non-hydrogen) atoms. The highest BCUT2D eigenvalue weighted by molar-refractivity contribution is 7.07. The first-order valence-electron chi connectivity index (χ1n) is 10.9. The number of thiazole rings is 1. The Bertz CT molecular complexity index is 1630. The van der Waals surface area contributed by atoms with Crippen LogP contribution in [0.5, 0.6) is 5.75 Å². The van der Waals surface area contributed by atoms with Crippen LogP contribution in [0.4, 0.5) is 5.69 Å². The number of anilines is 1.